The Balaban J connectivity index is 4.09. The van der Waals surface area contributed by atoms with Crippen LogP contribution in [0.1, 0.15) is 38.5 Å². The molecule has 0 aromatic heterocycles. The summed E-state index contributed by atoms with van der Waals surface area (Å²) in [5.74, 6) is -0.263. The Labute approximate surface area is 131 Å². The molecule has 0 fully saturated rings. The number of nitrogens with zero attached hydrogens (tertiary/aromatic N) is 2. The van der Waals surface area contributed by atoms with Crippen molar-refractivity contribution >= 4 is 24.0 Å². The van der Waals surface area contributed by atoms with Crippen molar-refractivity contribution in [3.05, 3.63) is 0 Å². The van der Waals surface area contributed by atoms with Gasteiger partial charge in [0.15, 0.2) is 5.96 Å². The molecule has 0 saturated carbocycles. The van der Waals surface area contributed by atoms with Crippen molar-refractivity contribution in [2.45, 2.75) is 38.5 Å². The van der Waals surface area contributed by atoms with Crippen LogP contribution in [0.3, 0.4) is 0 Å². The van der Waals surface area contributed by atoms with E-state index in [0.717, 1.165) is 12.8 Å². The van der Waals surface area contributed by atoms with Gasteiger partial charge in [0.1, 0.15) is 5.78 Å². The Kier molecular flexibility index (Phi) is 11.4. The number of hydrogen-bond acceptors (Lipinski definition) is 4. The summed E-state index contributed by atoms with van der Waals surface area (Å²) in [6, 6.07) is 0. The smallest absolute Gasteiger partial charge is 0.223 e. The quantitative estimate of drug-likeness (QED) is 0.218. The van der Waals surface area contributed by atoms with Crippen LogP contribution in [-0.2, 0) is 9.59 Å². The number of amides is 1. The number of Topliss-reactive ketones (excluding diaryl/α,β-unsaturated/α-hetero) is 1. The molecule has 0 aliphatic heterocycles. The second-order valence-corrected chi connectivity index (χ2v) is 5.02. The van der Waals surface area contributed by atoms with Gasteiger partial charge in [-0.2, -0.15) is 0 Å². The SMILES string of the molecule is CNC(=O)C(CCCN=CN)CC(=O)CCCCN=C(N)N. The van der Waals surface area contributed by atoms with Crippen molar-refractivity contribution in [1.82, 2.24) is 5.32 Å². The Hall–Kier alpha value is -2.12. The minimum atomic E-state index is -0.303. The molecule has 0 saturated heterocycles. The molecular weight excluding hydrogens is 284 g/mol. The monoisotopic (exact) mass is 312 g/mol. The predicted octanol–water partition coefficient (Wildman–Crippen LogP) is -0.481. The number of unbranched alkanes of at least 4 members (excludes halogenated alkanes) is 1. The topological polar surface area (TPSA) is 149 Å². The van der Waals surface area contributed by atoms with E-state index >= 15 is 0 Å². The van der Waals surface area contributed by atoms with E-state index in [0.29, 0.717) is 32.4 Å². The molecule has 7 N–H and O–H groups in total. The molecule has 8 nitrogen and oxygen atoms in total. The van der Waals surface area contributed by atoms with Crippen molar-refractivity contribution in [3.8, 4) is 0 Å². The number of aliphatic imine (C=N–C) groups is 2. The first-order chi connectivity index (χ1) is 10.5. The molecule has 0 radical (unpaired) electrons. The normalized spacial score (nSPS) is 12.0. The zero-order chi connectivity index (χ0) is 16.8. The molecule has 0 aromatic rings. The molecule has 1 amide bonds. The fourth-order valence-corrected chi connectivity index (χ4v) is 2.05. The van der Waals surface area contributed by atoms with E-state index < -0.39 is 0 Å². The molecule has 1 unspecified atom stereocenters. The van der Waals surface area contributed by atoms with E-state index in [1.807, 2.05) is 0 Å². The van der Waals surface area contributed by atoms with Gasteiger partial charge >= 0.3 is 0 Å². The van der Waals surface area contributed by atoms with Gasteiger partial charge in [0.2, 0.25) is 5.91 Å². The molecule has 126 valence electrons. The van der Waals surface area contributed by atoms with Gasteiger partial charge in [-0.05, 0) is 25.7 Å². The Morgan fingerprint density at radius 3 is 2.50 bits per heavy atom. The van der Waals surface area contributed by atoms with Crippen molar-refractivity contribution in [3.63, 3.8) is 0 Å². The van der Waals surface area contributed by atoms with Crippen molar-refractivity contribution in [1.29, 1.82) is 0 Å². The maximum absolute atomic E-state index is 11.9. The summed E-state index contributed by atoms with van der Waals surface area (Å²) in [6.45, 7) is 1.09. The van der Waals surface area contributed by atoms with E-state index in [9.17, 15) is 9.59 Å². The molecule has 0 rings (SSSR count). The Bertz CT molecular complexity index is 391. The highest BCUT2D eigenvalue weighted by atomic mass is 16.2. The van der Waals surface area contributed by atoms with Gasteiger partial charge in [-0.1, -0.05) is 0 Å². The van der Waals surface area contributed by atoms with Crippen LogP contribution in [0.5, 0.6) is 0 Å². The summed E-state index contributed by atoms with van der Waals surface area (Å²) >= 11 is 0. The van der Waals surface area contributed by atoms with Crippen molar-refractivity contribution < 1.29 is 9.59 Å². The predicted molar refractivity (Wildman–Crippen MR) is 88.5 cm³/mol. The van der Waals surface area contributed by atoms with Crippen LogP contribution in [0, 0.1) is 5.92 Å². The second-order valence-electron chi connectivity index (χ2n) is 5.02. The Morgan fingerprint density at radius 1 is 1.18 bits per heavy atom. The molecular formula is C14H28N6O2. The molecule has 0 aliphatic carbocycles. The zero-order valence-electron chi connectivity index (χ0n) is 13.3. The van der Waals surface area contributed by atoms with Gasteiger partial charge in [-0.25, -0.2) is 0 Å². The lowest BCUT2D eigenvalue weighted by Crippen LogP contribution is -2.29. The summed E-state index contributed by atoms with van der Waals surface area (Å²) in [6.07, 6.45) is 4.76. The third kappa shape index (κ3) is 10.6. The second kappa shape index (κ2) is 12.6. The fourth-order valence-electron chi connectivity index (χ4n) is 2.05. The number of carbonyl (C=O) groups excluding carboxylic acids is 2. The molecule has 0 spiro atoms. The molecule has 1 atom stereocenters. The number of carbonyl (C=O) groups is 2. The van der Waals surface area contributed by atoms with Crippen LogP contribution >= 0.6 is 0 Å². The average molecular weight is 312 g/mol. The maximum Gasteiger partial charge on any atom is 0.223 e. The largest absolute Gasteiger partial charge is 0.390 e. The number of rotatable bonds is 12. The minimum Gasteiger partial charge on any atom is -0.390 e. The van der Waals surface area contributed by atoms with E-state index in [1.54, 1.807) is 7.05 Å². The third-order valence-corrected chi connectivity index (χ3v) is 3.19. The zero-order valence-corrected chi connectivity index (χ0v) is 13.3. The molecule has 0 aliphatic rings. The lowest BCUT2D eigenvalue weighted by atomic mass is 9.94. The summed E-state index contributed by atoms with van der Waals surface area (Å²) in [4.78, 5) is 31.5. The van der Waals surface area contributed by atoms with Crippen LogP contribution in [0.2, 0.25) is 0 Å². The van der Waals surface area contributed by atoms with Gasteiger partial charge in [-0.3, -0.25) is 19.6 Å². The fraction of sp³-hybridized carbons (Fsp3) is 0.714. The van der Waals surface area contributed by atoms with Crippen molar-refractivity contribution in [2.24, 2.45) is 33.1 Å². The molecule has 0 bridgehead atoms. The summed E-state index contributed by atoms with van der Waals surface area (Å²) in [5.41, 5.74) is 15.6. The summed E-state index contributed by atoms with van der Waals surface area (Å²) < 4.78 is 0. The molecule has 22 heavy (non-hydrogen) atoms. The lowest BCUT2D eigenvalue weighted by molar-refractivity contribution is -0.129. The molecule has 8 heteroatoms. The first kappa shape index (κ1) is 19.9. The van der Waals surface area contributed by atoms with Crippen LogP contribution in [0.4, 0.5) is 0 Å². The van der Waals surface area contributed by atoms with E-state index in [1.165, 1.54) is 6.34 Å². The summed E-state index contributed by atoms with van der Waals surface area (Å²) in [7, 11) is 1.58. The molecule has 0 aromatic carbocycles. The number of hydrogen-bond donors (Lipinski definition) is 4. The van der Waals surface area contributed by atoms with Crippen LogP contribution in [0.15, 0.2) is 9.98 Å². The number of ketones is 1. The first-order valence-electron chi connectivity index (χ1n) is 7.50. The van der Waals surface area contributed by atoms with E-state index in [-0.39, 0.29) is 30.0 Å². The van der Waals surface area contributed by atoms with Gasteiger partial charge in [0.05, 0.1) is 6.34 Å². The summed E-state index contributed by atoms with van der Waals surface area (Å²) in [5, 5.41) is 2.60. The maximum atomic E-state index is 11.9. The third-order valence-electron chi connectivity index (χ3n) is 3.19. The van der Waals surface area contributed by atoms with Gasteiger partial charge in [-0.15, -0.1) is 0 Å². The first-order valence-corrected chi connectivity index (χ1v) is 7.50. The lowest BCUT2D eigenvalue weighted by Gasteiger charge is -2.14. The highest BCUT2D eigenvalue weighted by molar-refractivity contribution is 5.86. The minimum absolute atomic E-state index is 0.0612. The average Bonchev–Trinajstić information content (AvgIpc) is 2.48. The van der Waals surface area contributed by atoms with Crippen LogP contribution in [-0.4, -0.2) is 44.1 Å². The van der Waals surface area contributed by atoms with Gasteiger partial charge < -0.3 is 22.5 Å². The van der Waals surface area contributed by atoms with Crippen LogP contribution < -0.4 is 22.5 Å². The number of nitrogens with one attached hydrogen (secondary N) is 1. The highest BCUT2D eigenvalue weighted by Crippen LogP contribution is 2.14. The van der Waals surface area contributed by atoms with Gasteiger partial charge in [0.25, 0.3) is 0 Å². The van der Waals surface area contributed by atoms with Gasteiger partial charge in [0, 0.05) is 38.9 Å². The highest BCUT2D eigenvalue weighted by Gasteiger charge is 2.20. The van der Waals surface area contributed by atoms with E-state index in [4.69, 9.17) is 17.2 Å². The standard InChI is InChI=1S/C14H28N6O2/c1-18-13(22)11(5-4-7-19-10-15)9-12(21)6-2-3-8-20-14(16)17/h10-11H,2-9H2,1H3,(H2,15,19)(H,18,22)(H4,16,17,20). The number of nitrogens with two attached hydrogens (primary N) is 3. The van der Waals surface area contributed by atoms with E-state index in [2.05, 4.69) is 15.3 Å². The number of guanidine groups is 1. The van der Waals surface area contributed by atoms with Crippen LogP contribution in [0.25, 0.3) is 0 Å². The Morgan fingerprint density at radius 2 is 1.91 bits per heavy atom. The van der Waals surface area contributed by atoms with Crippen molar-refractivity contribution in [2.75, 3.05) is 20.1 Å². The molecule has 0 heterocycles.